The lowest BCUT2D eigenvalue weighted by atomic mass is 10.1. The highest BCUT2D eigenvalue weighted by atomic mass is 35.5. The molecule has 2 rings (SSSR count). The Morgan fingerprint density at radius 3 is 2.65 bits per heavy atom. The maximum atomic E-state index is 11.9. The van der Waals surface area contributed by atoms with Gasteiger partial charge in [0.1, 0.15) is 0 Å². The second kappa shape index (κ2) is 5.05. The van der Waals surface area contributed by atoms with Crippen molar-refractivity contribution in [3.63, 3.8) is 0 Å². The van der Waals surface area contributed by atoms with Gasteiger partial charge < -0.3 is 5.32 Å². The lowest BCUT2D eigenvalue weighted by molar-refractivity contribution is 0.0946. The van der Waals surface area contributed by atoms with Crippen molar-refractivity contribution >= 4 is 40.7 Å². The van der Waals surface area contributed by atoms with Crippen LogP contribution in [0.5, 0.6) is 0 Å². The normalized spacial score (nSPS) is 16.6. The third kappa shape index (κ3) is 2.87. The molecule has 1 aliphatic carbocycles. The number of nitrogens with one attached hydrogen (secondary N) is 1. The van der Waals surface area contributed by atoms with E-state index in [0.717, 1.165) is 12.8 Å². The van der Waals surface area contributed by atoms with E-state index in [1.54, 1.807) is 18.2 Å². The fourth-order valence-electron chi connectivity index (χ4n) is 1.58. The first-order valence-electron chi connectivity index (χ1n) is 5.36. The number of carbonyl (C=O) groups excluding carboxylic acids is 1. The first-order chi connectivity index (χ1) is 8.08. The van der Waals surface area contributed by atoms with Crippen LogP contribution in [0.2, 0.25) is 10.0 Å². The third-order valence-corrected chi connectivity index (χ3v) is 4.45. The molecule has 92 valence electrons. The van der Waals surface area contributed by atoms with Crippen LogP contribution in [0.4, 0.5) is 0 Å². The van der Waals surface area contributed by atoms with Crippen molar-refractivity contribution in [3.05, 3.63) is 33.8 Å². The van der Waals surface area contributed by atoms with E-state index in [1.165, 1.54) is 0 Å². The Hall–Kier alpha value is -0.440. The van der Waals surface area contributed by atoms with Crippen LogP contribution >= 0.6 is 34.8 Å². The molecular weight excluding hydrogens is 280 g/mol. The van der Waals surface area contributed by atoms with Crippen molar-refractivity contribution in [1.82, 2.24) is 5.32 Å². The van der Waals surface area contributed by atoms with Crippen LogP contribution in [0.15, 0.2) is 18.2 Å². The van der Waals surface area contributed by atoms with Crippen LogP contribution in [-0.4, -0.2) is 18.3 Å². The fourth-order valence-corrected chi connectivity index (χ4v) is 2.32. The van der Waals surface area contributed by atoms with Crippen LogP contribution in [0.25, 0.3) is 0 Å². The molecule has 0 radical (unpaired) electrons. The molecule has 0 heterocycles. The molecule has 1 aromatic rings. The van der Waals surface area contributed by atoms with Crippen LogP contribution in [0, 0.1) is 5.41 Å². The number of amides is 1. The topological polar surface area (TPSA) is 29.1 Å². The van der Waals surface area contributed by atoms with E-state index in [9.17, 15) is 4.79 Å². The Labute approximate surface area is 115 Å². The molecule has 2 nitrogen and oxygen atoms in total. The summed E-state index contributed by atoms with van der Waals surface area (Å²) in [5.74, 6) is 0.380. The molecule has 0 bridgehead atoms. The fraction of sp³-hybridized carbons (Fsp3) is 0.417. The van der Waals surface area contributed by atoms with Crippen LogP contribution in [0.1, 0.15) is 23.2 Å². The van der Waals surface area contributed by atoms with Gasteiger partial charge in [0.15, 0.2) is 0 Å². The van der Waals surface area contributed by atoms with Crippen molar-refractivity contribution in [1.29, 1.82) is 0 Å². The average Bonchev–Trinajstić information content (AvgIpc) is 3.10. The van der Waals surface area contributed by atoms with E-state index in [0.29, 0.717) is 28.0 Å². The summed E-state index contributed by atoms with van der Waals surface area (Å²) in [6.07, 6.45) is 2.14. The second-order valence-electron chi connectivity index (χ2n) is 4.42. The zero-order chi connectivity index (χ0) is 12.5. The predicted molar refractivity (Wildman–Crippen MR) is 71.2 cm³/mol. The number of alkyl halides is 1. The van der Waals surface area contributed by atoms with Gasteiger partial charge in [0.2, 0.25) is 0 Å². The van der Waals surface area contributed by atoms with Crippen molar-refractivity contribution in [2.75, 3.05) is 12.4 Å². The first-order valence-corrected chi connectivity index (χ1v) is 6.65. The monoisotopic (exact) mass is 291 g/mol. The Kier molecular flexibility index (Phi) is 3.86. The maximum Gasteiger partial charge on any atom is 0.252 e. The largest absolute Gasteiger partial charge is 0.351 e. The lowest BCUT2D eigenvalue weighted by Gasteiger charge is -2.13. The molecule has 0 unspecified atom stereocenters. The minimum atomic E-state index is -0.200. The highest BCUT2D eigenvalue weighted by Crippen LogP contribution is 2.45. The Bertz CT molecular complexity index is 443. The van der Waals surface area contributed by atoms with Gasteiger partial charge in [-0.05, 0) is 25.0 Å². The zero-order valence-electron chi connectivity index (χ0n) is 9.10. The van der Waals surface area contributed by atoms with Gasteiger partial charge in [-0.3, -0.25) is 4.79 Å². The van der Waals surface area contributed by atoms with E-state index in [1.807, 2.05) is 0 Å². The number of benzene rings is 1. The summed E-state index contributed by atoms with van der Waals surface area (Å²) >= 11 is 17.7. The van der Waals surface area contributed by atoms with Crippen LogP contribution in [-0.2, 0) is 0 Å². The zero-order valence-corrected chi connectivity index (χ0v) is 11.4. The molecular formula is C12H12Cl3NO. The molecule has 1 amide bonds. The van der Waals surface area contributed by atoms with Gasteiger partial charge in [-0.1, -0.05) is 29.3 Å². The van der Waals surface area contributed by atoms with Gasteiger partial charge in [0.05, 0.1) is 15.6 Å². The summed E-state index contributed by atoms with van der Waals surface area (Å²) in [5.41, 5.74) is 0.506. The molecule has 0 aromatic heterocycles. The molecule has 1 aromatic carbocycles. The molecule has 1 saturated carbocycles. The Morgan fingerprint density at radius 2 is 2.06 bits per heavy atom. The number of rotatable bonds is 4. The third-order valence-electron chi connectivity index (χ3n) is 3.06. The number of hydrogen-bond acceptors (Lipinski definition) is 1. The van der Waals surface area contributed by atoms with Gasteiger partial charge in [-0.2, -0.15) is 0 Å². The quantitative estimate of drug-likeness (QED) is 0.842. The highest BCUT2D eigenvalue weighted by molar-refractivity contribution is 6.43. The lowest BCUT2D eigenvalue weighted by Crippen LogP contribution is -2.31. The molecule has 5 heteroatoms. The van der Waals surface area contributed by atoms with E-state index in [-0.39, 0.29) is 11.3 Å². The van der Waals surface area contributed by atoms with Gasteiger partial charge in [0.25, 0.3) is 5.91 Å². The number of halogens is 3. The van der Waals surface area contributed by atoms with Crippen LogP contribution < -0.4 is 5.32 Å². The molecule has 1 N–H and O–H groups in total. The Balaban J connectivity index is 2.02. The van der Waals surface area contributed by atoms with E-state index in [4.69, 9.17) is 34.8 Å². The summed E-state index contributed by atoms with van der Waals surface area (Å²) in [5, 5.41) is 3.53. The molecule has 0 saturated heterocycles. The summed E-state index contributed by atoms with van der Waals surface area (Å²) in [6.45, 7) is 0.595. The van der Waals surface area contributed by atoms with Gasteiger partial charge in [0, 0.05) is 17.8 Å². The Morgan fingerprint density at radius 1 is 1.35 bits per heavy atom. The average molecular weight is 293 g/mol. The molecule has 0 atom stereocenters. The van der Waals surface area contributed by atoms with E-state index >= 15 is 0 Å². The number of hydrogen-bond donors (Lipinski definition) is 1. The molecule has 17 heavy (non-hydrogen) atoms. The SMILES string of the molecule is O=C(NCC1(CCl)CC1)c1cccc(Cl)c1Cl. The summed E-state index contributed by atoms with van der Waals surface area (Å²) in [6, 6.07) is 5.02. The van der Waals surface area contributed by atoms with Crippen molar-refractivity contribution in [2.45, 2.75) is 12.8 Å². The van der Waals surface area contributed by atoms with Crippen molar-refractivity contribution in [3.8, 4) is 0 Å². The highest BCUT2D eigenvalue weighted by Gasteiger charge is 2.41. The summed E-state index contributed by atoms with van der Waals surface area (Å²) < 4.78 is 0. The smallest absolute Gasteiger partial charge is 0.252 e. The van der Waals surface area contributed by atoms with E-state index < -0.39 is 0 Å². The van der Waals surface area contributed by atoms with E-state index in [2.05, 4.69) is 5.32 Å². The summed E-state index contributed by atoms with van der Waals surface area (Å²) in [4.78, 5) is 11.9. The molecule has 0 aliphatic heterocycles. The van der Waals surface area contributed by atoms with Gasteiger partial charge in [-0.25, -0.2) is 0 Å². The molecule has 1 fully saturated rings. The second-order valence-corrected chi connectivity index (χ2v) is 5.47. The number of carbonyl (C=O) groups is 1. The standard InChI is InChI=1S/C12H12Cl3NO/c13-6-12(4-5-12)7-16-11(17)8-2-1-3-9(14)10(8)15/h1-3H,4-7H2,(H,16,17). The van der Waals surface area contributed by atoms with Crippen molar-refractivity contribution < 1.29 is 4.79 Å². The van der Waals surface area contributed by atoms with Gasteiger partial charge in [-0.15, -0.1) is 11.6 Å². The van der Waals surface area contributed by atoms with Gasteiger partial charge >= 0.3 is 0 Å². The predicted octanol–water partition coefficient (Wildman–Crippen LogP) is 3.74. The minimum Gasteiger partial charge on any atom is -0.351 e. The first kappa shape index (κ1) is 13.0. The maximum absolute atomic E-state index is 11.9. The van der Waals surface area contributed by atoms with Crippen LogP contribution in [0.3, 0.4) is 0 Å². The minimum absolute atomic E-state index is 0.0995. The molecule has 1 aliphatic rings. The molecule has 0 spiro atoms. The summed E-state index contributed by atoms with van der Waals surface area (Å²) in [7, 11) is 0. The van der Waals surface area contributed by atoms with Crippen molar-refractivity contribution in [2.24, 2.45) is 5.41 Å².